The normalized spacial score (nSPS) is 13.4. The van der Waals surface area contributed by atoms with Gasteiger partial charge in [-0.25, -0.2) is 0 Å². The fourth-order valence-corrected chi connectivity index (χ4v) is 1.64. The maximum Gasteiger partial charge on any atom is 0.396 e. The van der Waals surface area contributed by atoms with Gasteiger partial charge in [0.2, 0.25) is 5.89 Å². The van der Waals surface area contributed by atoms with E-state index in [0.717, 1.165) is 5.56 Å². The van der Waals surface area contributed by atoms with Crippen LogP contribution in [-0.4, -0.2) is 21.4 Å². The summed E-state index contributed by atoms with van der Waals surface area (Å²) in [5.41, 5.74) is 6.60. The molecule has 1 aromatic carbocycles. The number of aromatic nitrogens is 2. The third kappa shape index (κ3) is 3.95. The van der Waals surface area contributed by atoms with E-state index >= 15 is 0 Å². The fourth-order valence-electron chi connectivity index (χ4n) is 1.64. The molecule has 108 valence electrons. The van der Waals surface area contributed by atoms with E-state index in [0.29, 0.717) is 6.42 Å². The molecule has 0 saturated heterocycles. The smallest absolute Gasteiger partial charge is 0.396 e. The molecular formula is C12H12F3N3O2. The van der Waals surface area contributed by atoms with Crippen molar-refractivity contribution in [3.05, 3.63) is 41.5 Å². The van der Waals surface area contributed by atoms with Crippen LogP contribution in [0.25, 0.3) is 0 Å². The van der Waals surface area contributed by atoms with Crippen LogP contribution in [0.3, 0.4) is 0 Å². The van der Waals surface area contributed by atoms with Gasteiger partial charge >= 0.3 is 6.18 Å². The van der Waals surface area contributed by atoms with E-state index in [1.54, 1.807) is 12.1 Å². The average molecular weight is 287 g/mol. The van der Waals surface area contributed by atoms with Crippen LogP contribution >= 0.6 is 0 Å². The standard InChI is InChI=1S/C12H12F3N3O2/c13-12(14,15)6-10-17-11(20-18-10)9(16)5-7-1-3-8(19)4-2-7/h1-4,9,19H,5-6,16H2/t9-/m1/s1. The van der Waals surface area contributed by atoms with Gasteiger partial charge in [-0.05, 0) is 24.1 Å². The molecule has 0 aliphatic carbocycles. The number of hydrogen-bond acceptors (Lipinski definition) is 5. The largest absolute Gasteiger partial charge is 0.508 e. The van der Waals surface area contributed by atoms with Crippen molar-refractivity contribution >= 4 is 0 Å². The summed E-state index contributed by atoms with van der Waals surface area (Å²) in [6, 6.07) is 5.59. The highest BCUT2D eigenvalue weighted by molar-refractivity contribution is 5.26. The van der Waals surface area contributed by atoms with Crippen LogP contribution in [0.4, 0.5) is 13.2 Å². The Hall–Kier alpha value is -2.09. The number of aromatic hydroxyl groups is 1. The molecule has 0 aliphatic heterocycles. The Morgan fingerprint density at radius 2 is 1.90 bits per heavy atom. The number of hydrogen-bond donors (Lipinski definition) is 2. The van der Waals surface area contributed by atoms with Gasteiger partial charge in [-0.2, -0.15) is 18.2 Å². The molecular weight excluding hydrogens is 275 g/mol. The Kier molecular flexibility index (Phi) is 3.93. The molecule has 0 aliphatic rings. The van der Waals surface area contributed by atoms with Gasteiger partial charge in [-0.15, -0.1) is 0 Å². The van der Waals surface area contributed by atoms with Gasteiger partial charge in [0.15, 0.2) is 5.82 Å². The van der Waals surface area contributed by atoms with Gasteiger partial charge in [0.1, 0.15) is 12.2 Å². The maximum atomic E-state index is 12.2. The molecule has 0 saturated carbocycles. The van der Waals surface area contributed by atoms with Crippen molar-refractivity contribution in [2.75, 3.05) is 0 Å². The van der Waals surface area contributed by atoms with Crippen molar-refractivity contribution in [3.8, 4) is 5.75 Å². The van der Waals surface area contributed by atoms with Crippen LogP contribution < -0.4 is 5.73 Å². The van der Waals surface area contributed by atoms with Crippen molar-refractivity contribution < 1.29 is 22.8 Å². The zero-order valence-corrected chi connectivity index (χ0v) is 10.3. The van der Waals surface area contributed by atoms with Gasteiger partial charge in [0.05, 0.1) is 6.04 Å². The minimum Gasteiger partial charge on any atom is -0.508 e. The molecule has 0 amide bonds. The number of benzene rings is 1. The first kappa shape index (κ1) is 14.3. The zero-order chi connectivity index (χ0) is 14.8. The summed E-state index contributed by atoms with van der Waals surface area (Å²) in [5, 5.41) is 12.4. The molecule has 0 spiro atoms. The molecule has 2 rings (SSSR count). The summed E-state index contributed by atoms with van der Waals surface area (Å²) >= 11 is 0. The number of phenolic OH excluding ortho intramolecular Hbond substituents is 1. The highest BCUT2D eigenvalue weighted by Gasteiger charge is 2.31. The quantitative estimate of drug-likeness (QED) is 0.899. The van der Waals surface area contributed by atoms with Crippen LogP contribution in [0.15, 0.2) is 28.8 Å². The van der Waals surface area contributed by atoms with E-state index in [9.17, 15) is 13.2 Å². The summed E-state index contributed by atoms with van der Waals surface area (Å²) in [5.74, 6) is -0.362. The predicted molar refractivity (Wildman–Crippen MR) is 62.8 cm³/mol. The lowest BCUT2D eigenvalue weighted by molar-refractivity contribution is -0.128. The molecule has 5 nitrogen and oxygen atoms in total. The second kappa shape index (κ2) is 5.49. The van der Waals surface area contributed by atoms with Gasteiger partial charge in [0, 0.05) is 0 Å². The van der Waals surface area contributed by atoms with E-state index in [1.165, 1.54) is 12.1 Å². The summed E-state index contributed by atoms with van der Waals surface area (Å²) in [6.45, 7) is 0. The van der Waals surface area contributed by atoms with E-state index in [1.807, 2.05) is 0 Å². The van der Waals surface area contributed by atoms with Crippen molar-refractivity contribution in [1.29, 1.82) is 0 Å². The van der Waals surface area contributed by atoms with Gasteiger partial charge in [-0.1, -0.05) is 17.3 Å². The van der Waals surface area contributed by atoms with Crippen LogP contribution in [0.2, 0.25) is 0 Å². The minimum atomic E-state index is -4.39. The lowest BCUT2D eigenvalue weighted by atomic mass is 10.1. The van der Waals surface area contributed by atoms with E-state index in [2.05, 4.69) is 10.1 Å². The first-order chi connectivity index (χ1) is 9.33. The first-order valence-corrected chi connectivity index (χ1v) is 5.76. The zero-order valence-electron chi connectivity index (χ0n) is 10.3. The SMILES string of the molecule is N[C@H](Cc1ccc(O)cc1)c1nc(CC(F)(F)F)no1. The van der Waals surface area contributed by atoms with Gasteiger partial charge in [-0.3, -0.25) is 0 Å². The van der Waals surface area contributed by atoms with E-state index in [-0.39, 0.29) is 11.6 Å². The Balaban J connectivity index is 2.02. The third-order valence-corrected chi connectivity index (χ3v) is 2.55. The molecule has 1 atom stereocenters. The molecule has 0 unspecified atom stereocenters. The summed E-state index contributed by atoms with van der Waals surface area (Å²) in [4.78, 5) is 3.64. The van der Waals surface area contributed by atoms with Crippen LogP contribution in [0, 0.1) is 0 Å². The Labute approximate surface area is 112 Å². The molecule has 20 heavy (non-hydrogen) atoms. The number of phenols is 1. The molecule has 1 aromatic heterocycles. The van der Waals surface area contributed by atoms with Crippen molar-refractivity contribution in [2.24, 2.45) is 5.73 Å². The van der Waals surface area contributed by atoms with Gasteiger partial charge < -0.3 is 15.4 Å². The predicted octanol–water partition coefficient (Wildman–Crippen LogP) is 2.12. The number of rotatable bonds is 4. The monoisotopic (exact) mass is 287 g/mol. The summed E-state index contributed by atoms with van der Waals surface area (Å²) in [7, 11) is 0. The van der Waals surface area contributed by atoms with E-state index < -0.39 is 24.5 Å². The second-order valence-corrected chi connectivity index (χ2v) is 4.32. The first-order valence-electron chi connectivity index (χ1n) is 5.76. The lowest BCUT2D eigenvalue weighted by Crippen LogP contribution is -2.15. The molecule has 0 fully saturated rings. The minimum absolute atomic E-state index is 0.0441. The maximum absolute atomic E-state index is 12.2. The highest BCUT2D eigenvalue weighted by atomic mass is 19.4. The molecule has 3 N–H and O–H groups in total. The Bertz CT molecular complexity index is 566. The lowest BCUT2D eigenvalue weighted by Gasteiger charge is -2.06. The summed E-state index contributed by atoms with van der Waals surface area (Å²) in [6.07, 6.45) is -5.32. The van der Waals surface area contributed by atoms with Crippen LogP contribution in [-0.2, 0) is 12.8 Å². The van der Waals surface area contributed by atoms with E-state index in [4.69, 9.17) is 15.4 Å². The van der Waals surface area contributed by atoms with Crippen molar-refractivity contribution in [3.63, 3.8) is 0 Å². The third-order valence-electron chi connectivity index (χ3n) is 2.55. The van der Waals surface area contributed by atoms with Crippen LogP contribution in [0.1, 0.15) is 23.3 Å². The Morgan fingerprint density at radius 3 is 2.50 bits per heavy atom. The molecule has 8 heteroatoms. The fraction of sp³-hybridized carbons (Fsp3) is 0.333. The van der Waals surface area contributed by atoms with Crippen molar-refractivity contribution in [2.45, 2.75) is 25.1 Å². The topological polar surface area (TPSA) is 85.2 Å². The van der Waals surface area contributed by atoms with Crippen molar-refractivity contribution in [1.82, 2.24) is 10.1 Å². The number of halogens is 3. The number of alkyl halides is 3. The number of nitrogens with zero attached hydrogens (tertiary/aromatic N) is 2. The number of nitrogens with two attached hydrogens (primary N) is 1. The second-order valence-electron chi connectivity index (χ2n) is 4.32. The van der Waals surface area contributed by atoms with Gasteiger partial charge in [0.25, 0.3) is 0 Å². The molecule has 0 bridgehead atoms. The molecule has 0 radical (unpaired) electrons. The molecule has 1 heterocycles. The average Bonchev–Trinajstić information content (AvgIpc) is 2.78. The molecule has 2 aromatic rings. The highest BCUT2D eigenvalue weighted by Crippen LogP contribution is 2.21. The summed E-state index contributed by atoms with van der Waals surface area (Å²) < 4.78 is 41.2. The Morgan fingerprint density at radius 1 is 1.25 bits per heavy atom. The van der Waals surface area contributed by atoms with Crippen LogP contribution in [0.5, 0.6) is 5.75 Å².